The molecule has 5 aromatic rings. The van der Waals surface area contributed by atoms with Gasteiger partial charge in [0.05, 0.1) is 0 Å². The maximum absolute atomic E-state index is 2.53. The largest absolute Gasteiger partial charge is 0.0613 e. The summed E-state index contributed by atoms with van der Waals surface area (Å²) in [6.45, 7) is 9.22. The highest BCUT2D eigenvalue weighted by molar-refractivity contribution is 6.22. The lowest BCUT2D eigenvalue weighted by Crippen LogP contribution is -2.03. The van der Waals surface area contributed by atoms with E-state index in [1.165, 1.54) is 105 Å². The van der Waals surface area contributed by atoms with Crippen LogP contribution < -0.4 is 0 Å². The van der Waals surface area contributed by atoms with Crippen LogP contribution in [0.1, 0.15) is 107 Å². The first-order valence-electron chi connectivity index (χ1n) is 15.7. The standard InChI is InChI=1S/C40H38/c1-21-15-33-34(16-22(21)2)40(32-10-6-8-30-26-12-14-28(20-26)38(30)32)36-18-24(4)23(3)17-35(36)39(33)31-9-5-7-29-25-11-13-27(19-25)37(29)31/h5-10,15-18,25-28H,11-14,19-20H2,1-4H3. The maximum Gasteiger partial charge on any atom is -0.00232 e. The molecule has 4 aliphatic carbocycles. The van der Waals surface area contributed by atoms with Crippen LogP contribution in [0.3, 0.4) is 0 Å². The SMILES string of the molecule is Cc1cc2c(-c3cccc4c3C3CCC4C3)c3cc(C)c(C)cc3c(-c3cccc4c3C3CCC4C3)c2cc1C. The molecule has 4 aliphatic rings. The van der Waals surface area contributed by atoms with Gasteiger partial charge in [-0.15, -0.1) is 0 Å². The van der Waals surface area contributed by atoms with Crippen molar-refractivity contribution >= 4 is 21.5 Å². The van der Waals surface area contributed by atoms with E-state index < -0.39 is 0 Å². The van der Waals surface area contributed by atoms with Crippen molar-refractivity contribution in [1.82, 2.24) is 0 Å². The van der Waals surface area contributed by atoms with E-state index in [1.54, 1.807) is 22.3 Å². The minimum atomic E-state index is 0.729. The molecule has 0 aromatic heterocycles. The Morgan fingerprint density at radius 2 is 0.800 bits per heavy atom. The molecular weight excluding hydrogens is 480 g/mol. The molecule has 5 aromatic carbocycles. The summed E-state index contributed by atoms with van der Waals surface area (Å²) < 4.78 is 0. The van der Waals surface area contributed by atoms with Gasteiger partial charge in [-0.05, 0) is 178 Å². The molecule has 40 heavy (non-hydrogen) atoms. The molecule has 2 saturated carbocycles. The lowest BCUT2D eigenvalue weighted by molar-refractivity contribution is 0.719. The summed E-state index contributed by atoms with van der Waals surface area (Å²) in [5, 5.41) is 5.80. The molecular formula is C40H38. The first-order chi connectivity index (χ1) is 19.5. The lowest BCUT2D eigenvalue weighted by Gasteiger charge is -2.26. The molecule has 198 valence electrons. The van der Waals surface area contributed by atoms with Gasteiger partial charge in [0, 0.05) is 0 Å². The van der Waals surface area contributed by atoms with Gasteiger partial charge in [0.25, 0.3) is 0 Å². The summed E-state index contributed by atoms with van der Waals surface area (Å²) in [4.78, 5) is 0. The molecule has 0 spiro atoms. The highest BCUT2D eigenvalue weighted by atomic mass is 14.4. The number of rotatable bonds is 2. The zero-order valence-corrected chi connectivity index (χ0v) is 24.3. The Morgan fingerprint density at radius 3 is 1.18 bits per heavy atom. The summed E-state index contributed by atoms with van der Waals surface area (Å²) in [7, 11) is 0. The van der Waals surface area contributed by atoms with Gasteiger partial charge in [-0.1, -0.05) is 60.7 Å². The van der Waals surface area contributed by atoms with E-state index in [-0.39, 0.29) is 0 Å². The molecule has 4 unspecified atom stereocenters. The van der Waals surface area contributed by atoms with Crippen LogP contribution in [-0.2, 0) is 0 Å². The molecule has 0 nitrogen and oxygen atoms in total. The number of aryl methyl sites for hydroxylation is 4. The Bertz CT molecular complexity index is 1710. The van der Waals surface area contributed by atoms with Crippen molar-refractivity contribution in [3.63, 3.8) is 0 Å². The first kappa shape index (κ1) is 23.3. The van der Waals surface area contributed by atoms with Crippen LogP contribution >= 0.6 is 0 Å². The second-order valence-corrected chi connectivity index (χ2v) is 13.7. The molecule has 4 bridgehead atoms. The van der Waals surface area contributed by atoms with Crippen molar-refractivity contribution in [1.29, 1.82) is 0 Å². The van der Waals surface area contributed by atoms with Gasteiger partial charge in [-0.25, -0.2) is 0 Å². The predicted molar refractivity (Wildman–Crippen MR) is 170 cm³/mol. The minimum absolute atomic E-state index is 0.729. The number of hydrogen-bond donors (Lipinski definition) is 0. The van der Waals surface area contributed by atoms with E-state index in [0.29, 0.717) is 0 Å². The molecule has 2 fully saturated rings. The quantitative estimate of drug-likeness (QED) is 0.204. The van der Waals surface area contributed by atoms with Crippen LogP contribution in [0.2, 0.25) is 0 Å². The van der Waals surface area contributed by atoms with Gasteiger partial charge >= 0.3 is 0 Å². The summed E-state index contributed by atoms with van der Waals surface area (Å²) in [6.07, 6.45) is 8.18. The maximum atomic E-state index is 2.53. The van der Waals surface area contributed by atoms with Crippen LogP contribution in [0, 0.1) is 27.7 Å². The third kappa shape index (κ3) is 2.98. The Morgan fingerprint density at radius 1 is 0.450 bits per heavy atom. The van der Waals surface area contributed by atoms with Crippen molar-refractivity contribution in [3.8, 4) is 22.3 Å². The fourth-order valence-corrected chi connectivity index (χ4v) is 9.61. The normalized spacial score (nSPS) is 23.9. The molecule has 0 heteroatoms. The highest BCUT2D eigenvalue weighted by Crippen LogP contribution is 2.59. The second kappa shape index (κ2) is 8.10. The van der Waals surface area contributed by atoms with Crippen LogP contribution in [0.5, 0.6) is 0 Å². The summed E-state index contributed by atoms with van der Waals surface area (Å²) in [5.41, 5.74) is 18.2. The van der Waals surface area contributed by atoms with Crippen LogP contribution in [0.15, 0.2) is 60.7 Å². The minimum Gasteiger partial charge on any atom is -0.0613 e. The van der Waals surface area contributed by atoms with E-state index in [9.17, 15) is 0 Å². The Labute approximate surface area is 238 Å². The predicted octanol–water partition coefficient (Wildman–Crippen LogP) is 11.3. The van der Waals surface area contributed by atoms with Crippen molar-refractivity contribution in [2.45, 2.75) is 89.9 Å². The third-order valence-corrected chi connectivity index (χ3v) is 11.7. The number of benzene rings is 5. The zero-order valence-electron chi connectivity index (χ0n) is 24.3. The van der Waals surface area contributed by atoms with E-state index in [4.69, 9.17) is 0 Å². The van der Waals surface area contributed by atoms with Crippen LogP contribution in [0.25, 0.3) is 43.8 Å². The molecule has 4 atom stereocenters. The topological polar surface area (TPSA) is 0 Å². The lowest BCUT2D eigenvalue weighted by atomic mass is 9.78. The zero-order chi connectivity index (χ0) is 26.9. The van der Waals surface area contributed by atoms with Gasteiger partial charge in [0.1, 0.15) is 0 Å². The van der Waals surface area contributed by atoms with E-state index in [1.807, 2.05) is 0 Å². The Hall–Kier alpha value is -3.38. The molecule has 0 radical (unpaired) electrons. The molecule has 0 aliphatic heterocycles. The van der Waals surface area contributed by atoms with Gasteiger partial charge < -0.3 is 0 Å². The second-order valence-electron chi connectivity index (χ2n) is 13.7. The van der Waals surface area contributed by atoms with Crippen molar-refractivity contribution in [2.75, 3.05) is 0 Å². The van der Waals surface area contributed by atoms with Gasteiger partial charge in [0.2, 0.25) is 0 Å². The first-order valence-corrected chi connectivity index (χ1v) is 15.7. The number of hydrogen-bond acceptors (Lipinski definition) is 0. The van der Waals surface area contributed by atoms with Gasteiger partial charge in [-0.3, -0.25) is 0 Å². The van der Waals surface area contributed by atoms with Gasteiger partial charge in [-0.2, -0.15) is 0 Å². The van der Waals surface area contributed by atoms with E-state index in [0.717, 1.165) is 23.7 Å². The van der Waals surface area contributed by atoms with Crippen molar-refractivity contribution < 1.29 is 0 Å². The molecule has 9 rings (SSSR count). The van der Waals surface area contributed by atoms with Crippen molar-refractivity contribution in [3.05, 3.63) is 105 Å². The van der Waals surface area contributed by atoms with Crippen molar-refractivity contribution in [2.24, 2.45) is 0 Å². The summed E-state index contributed by atoms with van der Waals surface area (Å²) in [6, 6.07) is 24.6. The van der Waals surface area contributed by atoms with E-state index in [2.05, 4.69) is 88.4 Å². The van der Waals surface area contributed by atoms with Crippen LogP contribution in [-0.4, -0.2) is 0 Å². The average molecular weight is 519 g/mol. The fraction of sp³-hybridized carbons (Fsp3) is 0.350. The van der Waals surface area contributed by atoms with E-state index >= 15 is 0 Å². The molecule has 0 N–H and O–H groups in total. The molecule has 0 heterocycles. The summed E-state index contributed by atoms with van der Waals surface area (Å²) in [5.74, 6) is 3.00. The molecule has 0 saturated heterocycles. The summed E-state index contributed by atoms with van der Waals surface area (Å²) >= 11 is 0. The van der Waals surface area contributed by atoms with Crippen LogP contribution in [0.4, 0.5) is 0 Å². The average Bonchev–Trinajstić information content (AvgIpc) is 3.76. The Kier molecular flexibility index (Phi) is 4.72. The Balaban J connectivity index is 1.47. The molecule has 0 amide bonds. The number of fused-ring (bicyclic) bond motifs is 12. The third-order valence-electron chi connectivity index (χ3n) is 11.7. The fourth-order valence-electron chi connectivity index (χ4n) is 9.61. The highest BCUT2D eigenvalue weighted by Gasteiger charge is 2.40. The monoisotopic (exact) mass is 518 g/mol. The van der Waals surface area contributed by atoms with Gasteiger partial charge in [0.15, 0.2) is 0 Å². The smallest absolute Gasteiger partial charge is 0.00232 e.